The van der Waals surface area contributed by atoms with Crippen LogP contribution in [0.2, 0.25) is 0 Å². The highest BCUT2D eigenvalue weighted by Gasteiger charge is 2.51. The highest BCUT2D eigenvalue weighted by molar-refractivity contribution is 6.62. The topological polar surface area (TPSA) is 61.6 Å². The third-order valence-electron chi connectivity index (χ3n) is 3.82. The molecule has 0 aliphatic carbocycles. The quantitative estimate of drug-likeness (QED) is 0.466. The van der Waals surface area contributed by atoms with Crippen LogP contribution in [-0.2, 0) is 9.31 Å². The van der Waals surface area contributed by atoms with Crippen molar-refractivity contribution in [3.8, 4) is 0 Å². The van der Waals surface area contributed by atoms with E-state index in [4.69, 9.17) is 9.31 Å². The van der Waals surface area contributed by atoms with E-state index in [1.165, 1.54) is 12.1 Å². The molecular formula is C13H18BNO4. The second-order valence-corrected chi connectivity index (χ2v) is 5.95. The highest BCUT2D eigenvalue weighted by Crippen LogP contribution is 2.36. The first-order valence-corrected chi connectivity index (χ1v) is 6.24. The van der Waals surface area contributed by atoms with Crippen molar-refractivity contribution < 1.29 is 14.2 Å². The summed E-state index contributed by atoms with van der Waals surface area (Å²) in [5.41, 5.74) is 0.667. The molecule has 102 valence electrons. The Morgan fingerprint density at radius 2 is 1.63 bits per heavy atom. The molecule has 1 aromatic carbocycles. The maximum absolute atomic E-state index is 10.9. The van der Waals surface area contributed by atoms with Gasteiger partial charge in [0.05, 0.1) is 16.1 Å². The molecular weight excluding hydrogens is 245 g/mol. The van der Waals surface area contributed by atoms with Crippen molar-refractivity contribution in [3.05, 3.63) is 33.9 Å². The van der Waals surface area contributed by atoms with Crippen LogP contribution in [0.3, 0.4) is 0 Å². The largest absolute Gasteiger partial charge is 0.495 e. The van der Waals surface area contributed by atoms with E-state index in [0.29, 0.717) is 5.46 Å². The summed E-state index contributed by atoms with van der Waals surface area (Å²) in [6.07, 6.45) is 0. The molecule has 0 spiro atoms. The molecule has 1 aliphatic rings. The van der Waals surface area contributed by atoms with Crippen molar-refractivity contribution in [3.63, 3.8) is 0 Å². The smallest absolute Gasteiger partial charge is 0.399 e. The Bertz CT molecular complexity index is 511. The van der Waals surface area contributed by atoms with Crippen LogP contribution in [0.4, 0.5) is 5.69 Å². The van der Waals surface area contributed by atoms with Gasteiger partial charge >= 0.3 is 7.12 Å². The van der Waals surface area contributed by atoms with Gasteiger partial charge in [-0.05, 0) is 45.6 Å². The number of hydrogen-bond donors (Lipinski definition) is 0. The number of benzene rings is 1. The summed E-state index contributed by atoms with van der Waals surface area (Å²) in [4.78, 5) is 10.5. The number of rotatable bonds is 2. The van der Waals surface area contributed by atoms with Gasteiger partial charge < -0.3 is 9.31 Å². The summed E-state index contributed by atoms with van der Waals surface area (Å²) in [6.45, 7) is 9.64. The van der Waals surface area contributed by atoms with Crippen LogP contribution in [-0.4, -0.2) is 23.2 Å². The molecule has 0 amide bonds. The Balaban J connectivity index is 2.37. The van der Waals surface area contributed by atoms with Gasteiger partial charge in [0, 0.05) is 12.1 Å². The molecule has 6 heteroatoms. The molecule has 5 nitrogen and oxygen atoms in total. The van der Waals surface area contributed by atoms with E-state index >= 15 is 0 Å². The van der Waals surface area contributed by atoms with Crippen molar-refractivity contribution in [1.29, 1.82) is 0 Å². The molecule has 1 saturated heterocycles. The van der Waals surface area contributed by atoms with Crippen LogP contribution < -0.4 is 5.46 Å². The van der Waals surface area contributed by atoms with Gasteiger partial charge in [-0.15, -0.1) is 0 Å². The Kier molecular flexibility index (Phi) is 3.19. The van der Waals surface area contributed by atoms with E-state index in [9.17, 15) is 10.1 Å². The molecule has 0 N–H and O–H groups in total. The molecule has 0 bridgehead atoms. The minimum Gasteiger partial charge on any atom is -0.399 e. The average Bonchev–Trinajstić information content (AvgIpc) is 2.47. The van der Waals surface area contributed by atoms with E-state index in [0.717, 1.165) is 5.56 Å². The molecule has 1 aromatic rings. The van der Waals surface area contributed by atoms with Crippen LogP contribution in [0.25, 0.3) is 0 Å². The lowest BCUT2D eigenvalue weighted by molar-refractivity contribution is -0.384. The highest BCUT2D eigenvalue weighted by atomic mass is 16.7. The predicted molar refractivity (Wildman–Crippen MR) is 73.5 cm³/mol. The van der Waals surface area contributed by atoms with E-state index in [1.54, 1.807) is 0 Å². The molecule has 0 unspecified atom stereocenters. The molecule has 1 heterocycles. The first-order chi connectivity index (χ1) is 8.62. The molecule has 1 aliphatic heterocycles. The fourth-order valence-corrected chi connectivity index (χ4v) is 2.01. The number of aryl methyl sites for hydroxylation is 1. The lowest BCUT2D eigenvalue weighted by Gasteiger charge is -2.32. The standard InChI is InChI=1S/C13H18BNO4/c1-9-6-10(8-11(7-9)15(16)17)14-18-12(2,3)13(4,5)19-14/h6-8H,1-5H3. The second-order valence-electron chi connectivity index (χ2n) is 5.95. The fraction of sp³-hybridized carbons (Fsp3) is 0.538. The van der Waals surface area contributed by atoms with Gasteiger partial charge in [0.15, 0.2) is 0 Å². The van der Waals surface area contributed by atoms with Crippen molar-refractivity contribution in [1.82, 2.24) is 0 Å². The molecule has 1 fully saturated rings. The van der Waals surface area contributed by atoms with E-state index in [1.807, 2.05) is 40.7 Å². The maximum Gasteiger partial charge on any atom is 0.495 e. The number of nitrogens with zero attached hydrogens (tertiary/aromatic N) is 1. The summed E-state index contributed by atoms with van der Waals surface area (Å²) in [5, 5.41) is 10.9. The zero-order chi connectivity index (χ0) is 14.4. The zero-order valence-electron chi connectivity index (χ0n) is 11.9. The number of hydrogen-bond acceptors (Lipinski definition) is 4. The second kappa shape index (κ2) is 4.32. The van der Waals surface area contributed by atoms with E-state index < -0.39 is 23.2 Å². The van der Waals surface area contributed by atoms with Gasteiger partial charge in [0.25, 0.3) is 5.69 Å². The number of nitro groups is 1. The monoisotopic (exact) mass is 263 g/mol. The van der Waals surface area contributed by atoms with Crippen LogP contribution >= 0.6 is 0 Å². The van der Waals surface area contributed by atoms with Crippen molar-refractivity contribution in [2.45, 2.75) is 45.8 Å². The summed E-state index contributed by atoms with van der Waals surface area (Å²) in [5.74, 6) is 0. The third kappa shape index (κ3) is 2.50. The molecule has 2 rings (SSSR count). The van der Waals surface area contributed by atoms with Crippen molar-refractivity contribution >= 4 is 18.3 Å². The van der Waals surface area contributed by atoms with Gasteiger partial charge in [-0.3, -0.25) is 10.1 Å². The predicted octanol–water partition coefficient (Wildman–Crippen LogP) is 2.20. The zero-order valence-corrected chi connectivity index (χ0v) is 11.9. The first-order valence-electron chi connectivity index (χ1n) is 6.24. The normalized spacial score (nSPS) is 20.6. The van der Waals surface area contributed by atoms with Gasteiger partial charge in [0.2, 0.25) is 0 Å². The van der Waals surface area contributed by atoms with Crippen LogP contribution in [0.5, 0.6) is 0 Å². The van der Waals surface area contributed by atoms with Crippen LogP contribution in [0.1, 0.15) is 33.3 Å². The fourth-order valence-electron chi connectivity index (χ4n) is 2.01. The Labute approximate surface area is 113 Å². The molecule has 0 atom stereocenters. The number of non-ortho nitro benzene ring substituents is 1. The summed E-state index contributed by atoms with van der Waals surface area (Å²) < 4.78 is 11.8. The lowest BCUT2D eigenvalue weighted by Crippen LogP contribution is -2.41. The van der Waals surface area contributed by atoms with Gasteiger partial charge in [0.1, 0.15) is 0 Å². The summed E-state index contributed by atoms with van der Waals surface area (Å²) in [6, 6.07) is 4.90. The Hall–Kier alpha value is -1.40. The van der Waals surface area contributed by atoms with Crippen LogP contribution in [0, 0.1) is 17.0 Å². The van der Waals surface area contributed by atoms with Gasteiger partial charge in [-0.1, -0.05) is 6.07 Å². The average molecular weight is 263 g/mol. The summed E-state index contributed by atoms with van der Waals surface area (Å²) >= 11 is 0. The van der Waals surface area contributed by atoms with E-state index in [-0.39, 0.29) is 5.69 Å². The lowest BCUT2D eigenvalue weighted by atomic mass is 9.78. The minimum atomic E-state index is -0.566. The summed E-state index contributed by atoms with van der Waals surface area (Å²) in [7, 11) is -0.566. The third-order valence-corrected chi connectivity index (χ3v) is 3.82. The Morgan fingerprint density at radius 1 is 1.11 bits per heavy atom. The maximum atomic E-state index is 10.9. The SMILES string of the molecule is Cc1cc(B2OC(C)(C)C(C)(C)O2)cc([N+](=O)[O-])c1. The number of nitro benzene ring substituents is 1. The van der Waals surface area contributed by atoms with E-state index in [2.05, 4.69) is 0 Å². The van der Waals surface area contributed by atoms with Crippen molar-refractivity contribution in [2.24, 2.45) is 0 Å². The molecule has 0 saturated carbocycles. The molecule has 0 aromatic heterocycles. The first kappa shape index (κ1) is 14.0. The minimum absolute atomic E-state index is 0.0599. The van der Waals surface area contributed by atoms with Crippen LogP contribution in [0.15, 0.2) is 18.2 Å². The van der Waals surface area contributed by atoms with Gasteiger partial charge in [-0.2, -0.15) is 0 Å². The molecule has 0 radical (unpaired) electrons. The molecule has 19 heavy (non-hydrogen) atoms. The van der Waals surface area contributed by atoms with Gasteiger partial charge in [-0.25, -0.2) is 0 Å². The van der Waals surface area contributed by atoms with Crippen molar-refractivity contribution in [2.75, 3.05) is 0 Å². The Morgan fingerprint density at radius 3 is 2.11 bits per heavy atom.